The van der Waals surface area contributed by atoms with Crippen molar-refractivity contribution in [2.45, 2.75) is 39.2 Å². The van der Waals surface area contributed by atoms with Gasteiger partial charge in [-0.15, -0.1) is 0 Å². The highest BCUT2D eigenvalue weighted by Gasteiger charge is 2.24. The monoisotopic (exact) mass is 386 g/mol. The van der Waals surface area contributed by atoms with Crippen molar-refractivity contribution >= 4 is 11.6 Å². The van der Waals surface area contributed by atoms with E-state index in [0.717, 1.165) is 47.5 Å². The second kappa shape index (κ2) is 6.88. The Hall–Kier alpha value is -3.41. The molecule has 6 nitrogen and oxygen atoms in total. The third kappa shape index (κ3) is 3.10. The molecule has 1 aromatic carbocycles. The van der Waals surface area contributed by atoms with Crippen LogP contribution in [-0.2, 0) is 6.42 Å². The van der Waals surface area contributed by atoms with E-state index in [4.69, 9.17) is 4.42 Å². The zero-order chi connectivity index (χ0) is 20.0. The smallest absolute Gasteiger partial charge is 0.255 e. The van der Waals surface area contributed by atoms with Crippen LogP contribution in [0.2, 0.25) is 0 Å². The third-order valence-corrected chi connectivity index (χ3v) is 5.68. The Bertz CT molecular complexity index is 1210. The second-order valence-corrected chi connectivity index (χ2v) is 7.67. The summed E-state index contributed by atoms with van der Waals surface area (Å²) >= 11 is 0. The van der Waals surface area contributed by atoms with Crippen LogP contribution in [0, 0.1) is 13.8 Å². The lowest BCUT2D eigenvalue weighted by molar-refractivity contribution is 0.0934. The number of nitrogens with zero attached hydrogens (tertiary/aromatic N) is 3. The number of hydrogen-bond donors (Lipinski definition) is 1. The maximum absolute atomic E-state index is 13.1. The molecule has 1 N–H and O–H groups in total. The van der Waals surface area contributed by atoms with Crippen LogP contribution in [0.25, 0.3) is 16.9 Å². The van der Waals surface area contributed by atoms with Gasteiger partial charge in [-0.25, -0.2) is 9.97 Å². The molecule has 0 saturated heterocycles. The van der Waals surface area contributed by atoms with Gasteiger partial charge in [-0.05, 0) is 62.4 Å². The van der Waals surface area contributed by atoms with Crippen LogP contribution >= 0.6 is 0 Å². The molecule has 1 aliphatic rings. The predicted molar refractivity (Wildman–Crippen MR) is 110 cm³/mol. The van der Waals surface area contributed by atoms with Crippen molar-refractivity contribution in [2.24, 2.45) is 0 Å². The maximum Gasteiger partial charge on any atom is 0.255 e. The number of aromatic nitrogens is 3. The van der Waals surface area contributed by atoms with E-state index in [9.17, 15) is 4.79 Å². The molecule has 6 heteroatoms. The van der Waals surface area contributed by atoms with Gasteiger partial charge in [-0.1, -0.05) is 12.1 Å². The van der Waals surface area contributed by atoms with Crippen molar-refractivity contribution in [2.75, 3.05) is 0 Å². The summed E-state index contributed by atoms with van der Waals surface area (Å²) < 4.78 is 7.08. The number of nitrogens with one attached hydrogen (secondary N) is 1. The molecule has 0 fully saturated rings. The molecule has 0 aliphatic heterocycles. The van der Waals surface area contributed by atoms with Crippen molar-refractivity contribution < 1.29 is 9.21 Å². The van der Waals surface area contributed by atoms with Crippen molar-refractivity contribution in [3.05, 3.63) is 77.3 Å². The molecule has 1 unspecified atom stereocenters. The van der Waals surface area contributed by atoms with Crippen molar-refractivity contribution in [1.29, 1.82) is 0 Å². The molecule has 0 saturated carbocycles. The molecule has 3 aromatic heterocycles. The first-order valence-electron chi connectivity index (χ1n) is 9.88. The zero-order valence-electron chi connectivity index (χ0n) is 16.5. The molecule has 4 aromatic rings. The first kappa shape index (κ1) is 17.7. The Kier molecular flexibility index (Phi) is 4.19. The van der Waals surface area contributed by atoms with Gasteiger partial charge in [0.2, 0.25) is 0 Å². The predicted octanol–water partition coefficient (Wildman–Crippen LogP) is 4.41. The van der Waals surface area contributed by atoms with Gasteiger partial charge in [-0.3, -0.25) is 4.79 Å². The number of benzene rings is 1. The van der Waals surface area contributed by atoms with Crippen molar-refractivity contribution in [1.82, 2.24) is 19.7 Å². The molecule has 0 spiro atoms. The molecule has 5 rings (SSSR count). The number of amides is 1. The number of rotatable bonds is 3. The first-order chi connectivity index (χ1) is 14.1. The molecule has 1 aliphatic carbocycles. The van der Waals surface area contributed by atoms with E-state index in [1.807, 2.05) is 36.6 Å². The fourth-order valence-corrected chi connectivity index (χ4v) is 4.27. The van der Waals surface area contributed by atoms with Gasteiger partial charge < -0.3 is 14.1 Å². The molecule has 0 bridgehead atoms. The zero-order valence-corrected chi connectivity index (χ0v) is 16.5. The normalized spacial score (nSPS) is 16.0. The van der Waals surface area contributed by atoms with Crippen molar-refractivity contribution in [3.63, 3.8) is 0 Å². The van der Waals surface area contributed by atoms with Gasteiger partial charge in [0.25, 0.3) is 5.91 Å². The molecular weight excluding hydrogens is 364 g/mol. The minimum atomic E-state index is -0.0883. The van der Waals surface area contributed by atoms with Gasteiger partial charge in [0.15, 0.2) is 6.39 Å². The number of hydrogen-bond acceptors (Lipinski definition) is 4. The summed E-state index contributed by atoms with van der Waals surface area (Å²) in [7, 11) is 0. The van der Waals surface area contributed by atoms with Crippen LogP contribution in [0.15, 0.2) is 53.6 Å². The highest BCUT2D eigenvalue weighted by Crippen LogP contribution is 2.33. The molecule has 0 radical (unpaired) electrons. The Labute approximate surface area is 168 Å². The van der Waals surface area contributed by atoms with E-state index in [2.05, 4.69) is 33.5 Å². The summed E-state index contributed by atoms with van der Waals surface area (Å²) in [6, 6.07) is 10.2. The topological polar surface area (TPSA) is 72.4 Å². The highest BCUT2D eigenvalue weighted by atomic mass is 16.3. The molecular formula is C23H22N4O2. The van der Waals surface area contributed by atoms with E-state index < -0.39 is 0 Å². The largest absolute Gasteiger partial charge is 0.451 e. The quantitative estimate of drug-likeness (QED) is 0.566. The lowest BCUT2D eigenvalue weighted by Crippen LogP contribution is -2.31. The lowest BCUT2D eigenvalue weighted by Gasteiger charge is -2.27. The SMILES string of the molecule is Cc1cc(C)n2ccc(C(=O)NC3CCCc4ccc(-c5cocn5)cc43)c2n1. The second-order valence-electron chi connectivity index (χ2n) is 7.67. The Morgan fingerprint density at radius 3 is 2.97 bits per heavy atom. The average molecular weight is 386 g/mol. The fraction of sp³-hybridized carbons (Fsp3) is 0.261. The molecule has 146 valence electrons. The minimum Gasteiger partial charge on any atom is -0.451 e. The van der Waals surface area contributed by atoms with Gasteiger partial charge in [0.05, 0.1) is 11.6 Å². The fourth-order valence-electron chi connectivity index (χ4n) is 4.27. The van der Waals surface area contributed by atoms with E-state index in [1.54, 1.807) is 6.26 Å². The summed E-state index contributed by atoms with van der Waals surface area (Å²) in [5, 5.41) is 3.24. The number of carbonyl (C=O) groups is 1. The summed E-state index contributed by atoms with van der Waals surface area (Å²) in [5.74, 6) is -0.0883. The van der Waals surface area contributed by atoms with Crippen LogP contribution in [-0.4, -0.2) is 20.3 Å². The van der Waals surface area contributed by atoms with Gasteiger partial charge in [0.1, 0.15) is 17.6 Å². The number of aryl methyl sites for hydroxylation is 3. The molecule has 1 atom stereocenters. The standard InChI is InChI=1S/C23H22N4O2/c1-14-10-15(2)27-9-8-18(22(27)25-14)23(28)26-20-5-3-4-16-6-7-17(11-19(16)20)21-12-29-13-24-21/h6-13,20H,3-5H2,1-2H3,(H,26,28). The summed E-state index contributed by atoms with van der Waals surface area (Å²) in [6.07, 6.45) is 7.97. The third-order valence-electron chi connectivity index (χ3n) is 5.68. The maximum atomic E-state index is 13.1. The van der Waals surface area contributed by atoms with Gasteiger partial charge in [0, 0.05) is 23.1 Å². The molecule has 3 heterocycles. The van der Waals surface area contributed by atoms with E-state index in [1.165, 1.54) is 12.0 Å². The van der Waals surface area contributed by atoms with Crippen molar-refractivity contribution in [3.8, 4) is 11.3 Å². The summed E-state index contributed by atoms with van der Waals surface area (Å²) in [5.41, 5.74) is 7.52. The van der Waals surface area contributed by atoms with Crippen LogP contribution in [0.1, 0.15) is 51.8 Å². The average Bonchev–Trinajstić information content (AvgIpc) is 3.38. The van der Waals surface area contributed by atoms with Crippen LogP contribution in [0.3, 0.4) is 0 Å². The number of oxazole rings is 1. The van der Waals surface area contributed by atoms with Gasteiger partial charge >= 0.3 is 0 Å². The van der Waals surface area contributed by atoms with E-state index in [0.29, 0.717) is 11.2 Å². The van der Waals surface area contributed by atoms with Crippen LogP contribution < -0.4 is 5.32 Å². The summed E-state index contributed by atoms with van der Waals surface area (Å²) in [6.45, 7) is 3.97. The minimum absolute atomic E-state index is 0.0287. The Balaban J connectivity index is 1.48. The van der Waals surface area contributed by atoms with Gasteiger partial charge in [-0.2, -0.15) is 0 Å². The highest BCUT2D eigenvalue weighted by molar-refractivity contribution is 6.00. The Morgan fingerprint density at radius 1 is 1.24 bits per heavy atom. The van der Waals surface area contributed by atoms with Crippen LogP contribution in [0.5, 0.6) is 0 Å². The van der Waals surface area contributed by atoms with Crippen LogP contribution in [0.4, 0.5) is 0 Å². The summed E-state index contributed by atoms with van der Waals surface area (Å²) in [4.78, 5) is 22.0. The van der Waals surface area contributed by atoms with E-state index in [-0.39, 0.29) is 11.9 Å². The van der Waals surface area contributed by atoms with E-state index >= 15 is 0 Å². The first-order valence-corrected chi connectivity index (χ1v) is 9.88. The molecule has 29 heavy (non-hydrogen) atoms. The number of carbonyl (C=O) groups excluding carboxylic acids is 1. The number of fused-ring (bicyclic) bond motifs is 2. The molecule has 1 amide bonds. The lowest BCUT2D eigenvalue weighted by atomic mass is 9.86. The Morgan fingerprint density at radius 2 is 2.14 bits per heavy atom.